The summed E-state index contributed by atoms with van der Waals surface area (Å²) in [5.41, 5.74) is 0.0771. The predicted octanol–water partition coefficient (Wildman–Crippen LogP) is 1.02. The van der Waals surface area contributed by atoms with E-state index in [-0.39, 0.29) is 24.1 Å². The molecule has 0 bridgehead atoms. The number of hydrogen-bond donors (Lipinski definition) is 2. The standard InChI is InChI=1S/C14H18N2O3/c1-3-14(2)13(19)15-8-12(18)16(14)9-10-4-6-11(17)7-5-10/h4-7,17H,3,8-9H2,1-2H3,(H,15,19). The van der Waals surface area contributed by atoms with E-state index in [0.717, 1.165) is 5.56 Å². The third-order valence-electron chi connectivity index (χ3n) is 3.75. The second kappa shape index (κ2) is 4.91. The zero-order chi connectivity index (χ0) is 14.0. The van der Waals surface area contributed by atoms with Crippen molar-refractivity contribution < 1.29 is 14.7 Å². The first-order valence-electron chi connectivity index (χ1n) is 6.34. The minimum absolute atomic E-state index is 0.0481. The Hall–Kier alpha value is -2.04. The molecule has 1 saturated heterocycles. The van der Waals surface area contributed by atoms with Crippen molar-refractivity contribution in [3.05, 3.63) is 29.8 Å². The molecule has 0 aliphatic carbocycles. The van der Waals surface area contributed by atoms with Crippen LogP contribution in [-0.2, 0) is 16.1 Å². The van der Waals surface area contributed by atoms with Crippen molar-refractivity contribution in [3.8, 4) is 5.75 Å². The summed E-state index contributed by atoms with van der Waals surface area (Å²) >= 11 is 0. The van der Waals surface area contributed by atoms with E-state index in [2.05, 4.69) is 5.32 Å². The maximum atomic E-state index is 12.0. The van der Waals surface area contributed by atoms with E-state index < -0.39 is 5.54 Å². The lowest BCUT2D eigenvalue weighted by Gasteiger charge is -2.43. The van der Waals surface area contributed by atoms with E-state index in [1.54, 1.807) is 36.1 Å². The van der Waals surface area contributed by atoms with Gasteiger partial charge in [-0.15, -0.1) is 0 Å². The van der Waals surface area contributed by atoms with Gasteiger partial charge >= 0.3 is 0 Å². The van der Waals surface area contributed by atoms with Crippen molar-refractivity contribution in [2.45, 2.75) is 32.4 Å². The number of nitrogens with one attached hydrogen (secondary N) is 1. The number of phenols is 1. The summed E-state index contributed by atoms with van der Waals surface area (Å²) in [4.78, 5) is 25.7. The zero-order valence-electron chi connectivity index (χ0n) is 11.1. The maximum absolute atomic E-state index is 12.0. The van der Waals surface area contributed by atoms with Gasteiger partial charge < -0.3 is 15.3 Å². The Bertz CT molecular complexity index is 498. The summed E-state index contributed by atoms with van der Waals surface area (Å²) in [6.07, 6.45) is 0.558. The largest absolute Gasteiger partial charge is 0.508 e. The molecule has 0 saturated carbocycles. The fourth-order valence-corrected chi connectivity index (χ4v) is 2.24. The molecule has 102 valence electrons. The number of carbonyl (C=O) groups excluding carboxylic acids is 2. The highest BCUT2D eigenvalue weighted by atomic mass is 16.3. The van der Waals surface area contributed by atoms with Gasteiger partial charge in [-0.05, 0) is 31.0 Å². The highest BCUT2D eigenvalue weighted by Gasteiger charge is 2.43. The molecular weight excluding hydrogens is 244 g/mol. The summed E-state index contributed by atoms with van der Waals surface area (Å²) in [5.74, 6) is -0.0184. The van der Waals surface area contributed by atoms with Gasteiger partial charge in [0.25, 0.3) is 0 Å². The minimum atomic E-state index is -0.812. The van der Waals surface area contributed by atoms with Crippen LogP contribution in [0.5, 0.6) is 5.75 Å². The smallest absolute Gasteiger partial charge is 0.246 e. The van der Waals surface area contributed by atoms with Crippen molar-refractivity contribution in [1.29, 1.82) is 0 Å². The Kier molecular flexibility index (Phi) is 3.46. The molecule has 5 heteroatoms. The molecule has 2 rings (SSSR count). The Morgan fingerprint density at radius 1 is 1.32 bits per heavy atom. The third kappa shape index (κ3) is 2.41. The van der Waals surface area contributed by atoms with E-state index in [1.165, 1.54) is 0 Å². The number of phenolic OH excluding ortho intramolecular Hbond substituents is 1. The van der Waals surface area contributed by atoms with Crippen molar-refractivity contribution in [3.63, 3.8) is 0 Å². The molecule has 2 amide bonds. The second-order valence-corrected chi connectivity index (χ2v) is 4.96. The minimum Gasteiger partial charge on any atom is -0.508 e. The molecule has 0 aromatic heterocycles. The van der Waals surface area contributed by atoms with Gasteiger partial charge in [0.2, 0.25) is 11.8 Å². The quantitative estimate of drug-likeness (QED) is 0.854. The third-order valence-corrected chi connectivity index (χ3v) is 3.75. The molecule has 1 aromatic carbocycles. The molecule has 1 aliphatic rings. The van der Waals surface area contributed by atoms with Gasteiger partial charge in [0.15, 0.2) is 0 Å². The van der Waals surface area contributed by atoms with E-state index in [9.17, 15) is 14.7 Å². The summed E-state index contributed by atoms with van der Waals surface area (Å²) < 4.78 is 0. The molecule has 19 heavy (non-hydrogen) atoms. The molecule has 1 aliphatic heterocycles. The monoisotopic (exact) mass is 262 g/mol. The van der Waals surface area contributed by atoms with Crippen LogP contribution in [0.25, 0.3) is 0 Å². The highest BCUT2D eigenvalue weighted by molar-refractivity contribution is 5.97. The summed E-state index contributed by atoms with van der Waals surface area (Å²) in [7, 11) is 0. The fourth-order valence-electron chi connectivity index (χ4n) is 2.24. The molecule has 0 radical (unpaired) electrons. The van der Waals surface area contributed by atoms with Gasteiger partial charge in [-0.2, -0.15) is 0 Å². The van der Waals surface area contributed by atoms with Crippen LogP contribution in [0.4, 0.5) is 0 Å². The van der Waals surface area contributed by atoms with Gasteiger partial charge in [0, 0.05) is 6.54 Å². The first-order valence-corrected chi connectivity index (χ1v) is 6.34. The van der Waals surface area contributed by atoms with Gasteiger partial charge in [-0.1, -0.05) is 19.1 Å². The number of nitrogens with zero attached hydrogens (tertiary/aromatic N) is 1. The molecule has 1 unspecified atom stereocenters. The van der Waals surface area contributed by atoms with Crippen LogP contribution in [0.15, 0.2) is 24.3 Å². The number of carbonyl (C=O) groups is 2. The Morgan fingerprint density at radius 3 is 2.53 bits per heavy atom. The van der Waals surface area contributed by atoms with E-state index in [1.807, 2.05) is 6.92 Å². The Balaban J connectivity index is 2.26. The molecule has 0 spiro atoms. The van der Waals surface area contributed by atoms with Gasteiger partial charge in [-0.25, -0.2) is 0 Å². The SMILES string of the molecule is CCC1(C)C(=O)NCC(=O)N1Cc1ccc(O)cc1. The van der Waals surface area contributed by atoms with Crippen molar-refractivity contribution in [1.82, 2.24) is 10.2 Å². The molecule has 5 nitrogen and oxygen atoms in total. The number of benzene rings is 1. The number of piperazine rings is 1. The second-order valence-electron chi connectivity index (χ2n) is 4.96. The van der Waals surface area contributed by atoms with Crippen LogP contribution in [0.2, 0.25) is 0 Å². The summed E-state index contributed by atoms with van der Waals surface area (Å²) in [6, 6.07) is 6.66. The van der Waals surface area contributed by atoms with E-state index >= 15 is 0 Å². The molecule has 2 N–H and O–H groups in total. The van der Waals surface area contributed by atoms with Crippen LogP contribution in [0.1, 0.15) is 25.8 Å². The van der Waals surface area contributed by atoms with Crippen LogP contribution in [0.3, 0.4) is 0 Å². The van der Waals surface area contributed by atoms with Crippen LogP contribution >= 0.6 is 0 Å². The average molecular weight is 262 g/mol. The lowest BCUT2D eigenvalue weighted by atomic mass is 9.92. The summed E-state index contributed by atoms with van der Waals surface area (Å²) in [5, 5.41) is 11.9. The average Bonchev–Trinajstić information content (AvgIpc) is 2.41. The lowest BCUT2D eigenvalue weighted by molar-refractivity contribution is -0.153. The lowest BCUT2D eigenvalue weighted by Crippen LogP contribution is -2.65. The topological polar surface area (TPSA) is 69.6 Å². The van der Waals surface area contributed by atoms with Crippen LogP contribution < -0.4 is 5.32 Å². The molecule has 1 aromatic rings. The highest BCUT2D eigenvalue weighted by Crippen LogP contribution is 2.25. The van der Waals surface area contributed by atoms with Crippen molar-refractivity contribution in [2.24, 2.45) is 0 Å². The predicted molar refractivity (Wildman–Crippen MR) is 70.4 cm³/mol. The Morgan fingerprint density at radius 2 is 1.95 bits per heavy atom. The number of rotatable bonds is 3. The van der Waals surface area contributed by atoms with Gasteiger partial charge in [0.1, 0.15) is 11.3 Å². The Labute approximate surface area is 112 Å². The first-order chi connectivity index (χ1) is 8.97. The fraction of sp³-hybridized carbons (Fsp3) is 0.429. The maximum Gasteiger partial charge on any atom is 0.246 e. The molecule has 1 heterocycles. The van der Waals surface area contributed by atoms with Crippen LogP contribution in [0, 0.1) is 0 Å². The molecular formula is C14H18N2O3. The van der Waals surface area contributed by atoms with Gasteiger partial charge in [-0.3, -0.25) is 9.59 Å². The number of aromatic hydroxyl groups is 1. The number of hydrogen-bond acceptors (Lipinski definition) is 3. The molecule has 1 atom stereocenters. The van der Waals surface area contributed by atoms with E-state index in [4.69, 9.17) is 0 Å². The van der Waals surface area contributed by atoms with Crippen molar-refractivity contribution in [2.75, 3.05) is 6.54 Å². The van der Waals surface area contributed by atoms with E-state index in [0.29, 0.717) is 13.0 Å². The molecule has 1 fully saturated rings. The number of amides is 2. The van der Waals surface area contributed by atoms with Gasteiger partial charge in [0.05, 0.1) is 6.54 Å². The first kappa shape index (κ1) is 13.4. The summed E-state index contributed by atoms with van der Waals surface area (Å²) in [6.45, 7) is 4.09. The zero-order valence-corrected chi connectivity index (χ0v) is 11.1. The normalized spacial score (nSPS) is 23.4. The van der Waals surface area contributed by atoms with Crippen LogP contribution in [-0.4, -0.2) is 33.9 Å². The van der Waals surface area contributed by atoms with Crippen molar-refractivity contribution >= 4 is 11.8 Å².